The number of hydrogen-bond donors (Lipinski definition) is 5. The van der Waals surface area contributed by atoms with E-state index in [1.165, 1.54) is 0 Å². The first kappa shape index (κ1) is 13.5. The summed E-state index contributed by atoms with van der Waals surface area (Å²) in [7, 11) is 0. The van der Waals surface area contributed by atoms with Crippen LogP contribution in [0.1, 0.15) is 20.3 Å². The Morgan fingerprint density at radius 1 is 1.42 bits per heavy atom. The molecule has 0 radical (unpaired) electrons. The molecule has 0 aliphatic carbocycles. The molecule has 0 bridgehead atoms. The number of nitrogen functional groups attached to an aromatic ring is 1. The minimum absolute atomic E-state index is 0.289. The van der Waals surface area contributed by atoms with Gasteiger partial charge in [0.2, 0.25) is 5.95 Å². The molecule has 6 N–H and O–H groups in total. The average molecular weight is 265 g/mol. The number of H-pyrrole nitrogens is 1. The van der Waals surface area contributed by atoms with Gasteiger partial charge in [-0.2, -0.15) is 15.1 Å². The number of fused-ring (bicyclic) bond motifs is 1. The fourth-order valence-electron chi connectivity index (χ4n) is 1.88. The van der Waals surface area contributed by atoms with Gasteiger partial charge in [0.25, 0.3) is 0 Å². The molecule has 19 heavy (non-hydrogen) atoms. The molecule has 8 nitrogen and oxygen atoms in total. The lowest BCUT2D eigenvalue weighted by Crippen LogP contribution is -2.22. The van der Waals surface area contributed by atoms with Crippen molar-refractivity contribution in [2.24, 2.45) is 11.8 Å². The minimum atomic E-state index is -0.425. The van der Waals surface area contributed by atoms with Gasteiger partial charge in [-0.3, -0.25) is 10.5 Å². The number of anilines is 2. The van der Waals surface area contributed by atoms with Crippen LogP contribution in [-0.4, -0.2) is 37.9 Å². The van der Waals surface area contributed by atoms with Gasteiger partial charge in [0.1, 0.15) is 5.82 Å². The van der Waals surface area contributed by atoms with Crippen LogP contribution in [0.5, 0.6) is 0 Å². The minimum Gasteiger partial charge on any atom is -0.391 e. The molecule has 0 amide bonds. The Morgan fingerprint density at radius 3 is 2.89 bits per heavy atom. The lowest BCUT2D eigenvalue weighted by molar-refractivity contribution is 0.161. The molecule has 2 aromatic heterocycles. The van der Waals surface area contributed by atoms with Crippen LogP contribution < -0.4 is 16.6 Å². The highest BCUT2D eigenvalue weighted by molar-refractivity contribution is 5.86. The van der Waals surface area contributed by atoms with E-state index in [1.807, 2.05) is 0 Å². The molecule has 2 heterocycles. The normalized spacial score (nSPS) is 12.9. The first-order valence-electron chi connectivity index (χ1n) is 6.19. The van der Waals surface area contributed by atoms with Gasteiger partial charge in [0, 0.05) is 6.54 Å². The molecular weight excluding hydrogens is 246 g/mol. The molecule has 1 atom stereocenters. The van der Waals surface area contributed by atoms with Gasteiger partial charge in [-0.05, 0) is 12.3 Å². The van der Waals surface area contributed by atoms with Crippen LogP contribution >= 0.6 is 0 Å². The van der Waals surface area contributed by atoms with Crippen LogP contribution in [0.3, 0.4) is 0 Å². The maximum atomic E-state index is 9.86. The SMILES string of the molecule is CC(C)CC(O)CNc1nc(NN)nc2[nH]ncc12. The number of nitrogens with zero attached hydrogens (tertiary/aromatic N) is 3. The molecule has 2 rings (SSSR count). The van der Waals surface area contributed by atoms with Crippen molar-refractivity contribution < 1.29 is 5.11 Å². The summed E-state index contributed by atoms with van der Waals surface area (Å²) in [4.78, 5) is 8.34. The molecule has 0 aromatic carbocycles. The maximum absolute atomic E-state index is 9.86. The van der Waals surface area contributed by atoms with E-state index in [4.69, 9.17) is 5.84 Å². The number of nitrogens with one attached hydrogen (secondary N) is 3. The number of hydrogen-bond acceptors (Lipinski definition) is 7. The van der Waals surface area contributed by atoms with E-state index in [-0.39, 0.29) is 5.95 Å². The summed E-state index contributed by atoms with van der Waals surface area (Å²) >= 11 is 0. The van der Waals surface area contributed by atoms with Gasteiger partial charge in [0.05, 0.1) is 17.7 Å². The van der Waals surface area contributed by atoms with Crippen LogP contribution in [-0.2, 0) is 0 Å². The van der Waals surface area contributed by atoms with E-state index in [0.29, 0.717) is 23.9 Å². The number of nitrogens with two attached hydrogens (primary N) is 1. The number of aromatic amines is 1. The van der Waals surface area contributed by atoms with Crippen molar-refractivity contribution in [3.05, 3.63) is 6.20 Å². The van der Waals surface area contributed by atoms with Crippen LogP contribution in [0, 0.1) is 5.92 Å². The molecule has 0 aliphatic heterocycles. The fourth-order valence-corrected chi connectivity index (χ4v) is 1.88. The zero-order valence-electron chi connectivity index (χ0n) is 11.0. The Hall–Kier alpha value is -1.93. The largest absolute Gasteiger partial charge is 0.391 e. The Morgan fingerprint density at radius 2 is 2.21 bits per heavy atom. The predicted octanol–water partition coefficient (Wildman–Crippen LogP) is 0.457. The van der Waals surface area contributed by atoms with Crippen molar-refractivity contribution >= 4 is 22.8 Å². The third-order valence-corrected chi connectivity index (χ3v) is 2.69. The fraction of sp³-hybridized carbons (Fsp3) is 0.545. The Bertz CT molecular complexity index is 539. The van der Waals surface area contributed by atoms with E-state index in [2.05, 4.69) is 44.8 Å². The zero-order chi connectivity index (χ0) is 13.8. The number of aliphatic hydroxyl groups excluding tert-OH is 1. The van der Waals surface area contributed by atoms with Crippen LogP contribution in [0.25, 0.3) is 11.0 Å². The smallest absolute Gasteiger partial charge is 0.241 e. The maximum Gasteiger partial charge on any atom is 0.241 e. The Labute approximate surface area is 110 Å². The molecule has 8 heteroatoms. The van der Waals surface area contributed by atoms with Crippen LogP contribution in [0.15, 0.2) is 6.20 Å². The predicted molar refractivity (Wildman–Crippen MR) is 73.4 cm³/mol. The second kappa shape index (κ2) is 5.81. The molecule has 0 saturated heterocycles. The van der Waals surface area contributed by atoms with Crippen molar-refractivity contribution in [3.8, 4) is 0 Å². The number of rotatable bonds is 6. The summed E-state index contributed by atoms with van der Waals surface area (Å²) < 4.78 is 0. The topological polar surface area (TPSA) is 125 Å². The van der Waals surface area contributed by atoms with Crippen molar-refractivity contribution in [3.63, 3.8) is 0 Å². The van der Waals surface area contributed by atoms with Crippen LogP contribution in [0.2, 0.25) is 0 Å². The molecule has 0 saturated carbocycles. The van der Waals surface area contributed by atoms with Gasteiger partial charge in [-0.25, -0.2) is 5.84 Å². The van der Waals surface area contributed by atoms with Crippen molar-refractivity contribution in [2.45, 2.75) is 26.4 Å². The summed E-state index contributed by atoms with van der Waals surface area (Å²) in [5, 5.41) is 20.4. The van der Waals surface area contributed by atoms with E-state index in [0.717, 1.165) is 11.8 Å². The van der Waals surface area contributed by atoms with Crippen molar-refractivity contribution in [1.29, 1.82) is 0 Å². The highest BCUT2D eigenvalue weighted by Gasteiger charge is 2.11. The molecule has 0 aliphatic rings. The summed E-state index contributed by atoms with van der Waals surface area (Å²) in [6.07, 6.45) is 1.94. The Balaban J connectivity index is 2.13. The monoisotopic (exact) mass is 265 g/mol. The molecule has 0 spiro atoms. The Kier molecular flexibility index (Phi) is 4.13. The van der Waals surface area contributed by atoms with Crippen LogP contribution in [0.4, 0.5) is 11.8 Å². The highest BCUT2D eigenvalue weighted by atomic mass is 16.3. The van der Waals surface area contributed by atoms with E-state index in [9.17, 15) is 5.11 Å². The van der Waals surface area contributed by atoms with E-state index >= 15 is 0 Å². The zero-order valence-corrected chi connectivity index (χ0v) is 11.0. The first-order valence-corrected chi connectivity index (χ1v) is 6.19. The van der Waals surface area contributed by atoms with Crippen molar-refractivity contribution in [2.75, 3.05) is 17.3 Å². The highest BCUT2D eigenvalue weighted by Crippen LogP contribution is 2.19. The number of hydrazine groups is 1. The summed E-state index contributed by atoms with van der Waals surface area (Å²) in [5.74, 6) is 6.64. The first-order chi connectivity index (χ1) is 9.10. The van der Waals surface area contributed by atoms with Gasteiger partial charge in [-0.15, -0.1) is 0 Å². The van der Waals surface area contributed by atoms with Gasteiger partial charge >= 0.3 is 0 Å². The van der Waals surface area contributed by atoms with Gasteiger partial charge in [-0.1, -0.05) is 13.8 Å². The number of aliphatic hydroxyl groups is 1. The molecule has 104 valence electrons. The van der Waals surface area contributed by atoms with Gasteiger partial charge in [0.15, 0.2) is 5.65 Å². The average Bonchev–Trinajstić information content (AvgIpc) is 2.82. The second-order valence-corrected chi connectivity index (χ2v) is 4.84. The lowest BCUT2D eigenvalue weighted by atomic mass is 10.1. The molecule has 0 fully saturated rings. The van der Waals surface area contributed by atoms with Gasteiger partial charge < -0.3 is 10.4 Å². The molecule has 1 unspecified atom stereocenters. The van der Waals surface area contributed by atoms with E-state index in [1.54, 1.807) is 6.20 Å². The second-order valence-electron chi connectivity index (χ2n) is 4.84. The quantitative estimate of drug-likeness (QED) is 0.379. The lowest BCUT2D eigenvalue weighted by Gasteiger charge is -2.14. The standard InChI is InChI=1S/C11H19N7O/c1-6(2)3-7(19)4-13-9-8-5-14-18-10(8)16-11(15-9)17-12/h5-7,19H,3-4,12H2,1-2H3,(H3,13,14,15,16,17,18). The summed E-state index contributed by atoms with van der Waals surface area (Å²) in [6.45, 7) is 4.55. The third-order valence-electron chi connectivity index (χ3n) is 2.69. The summed E-state index contributed by atoms with van der Waals surface area (Å²) in [5.41, 5.74) is 2.98. The van der Waals surface area contributed by atoms with Crippen molar-refractivity contribution in [1.82, 2.24) is 20.2 Å². The molecular formula is C11H19N7O. The number of aromatic nitrogens is 4. The van der Waals surface area contributed by atoms with E-state index < -0.39 is 6.10 Å². The molecule has 2 aromatic rings. The third kappa shape index (κ3) is 3.30. The summed E-state index contributed by atoms with van der Waals surface area (Å²) in [6, 6.07) is 0.